The van der Waals surface area contributed by atoms with Gasteiger partial charge in [-0.1, -0.05) is 0 Å². The number of alkyl halides is 2. The van der Waals surface area contributed by atoms with Crippen LogP contribution in [0.4, 0.5) is 30.2 Å². The number of methoxy groups -OCH3 is 1. The second kappa shape index (κ2) is 13.7. The topological polar surface area (TPSA) is 113 Å². The Morgan fingerprint density at radius 1 is 1.06 bits per heavy atom. The summed E-state index contributed by atoms with van der Waals surface area (Å²) in [5.74, 6) is -1.24. The van der Waals surface area contributed by atoms with Gasteiger partial charge in [0.1, 0.15) is 11.6 Å². The highest BCUT2D eigenvalue weighted by atomic mass is 19.3. The van der Waals surface area contributed by atoms with Gasteiger partial charge in [-0.05, 0) is 80.1 Å². The van der Waals surface area contributed by atoms with Gasteiger partial charge in [-0.2, -0.15) is 0 Å². The minimum absolute atomic E-state index is 0.114. The number of aromatic nitrogens is 1. The molecule has 3 N–H and O–H groups in total. The van der Waals surface area contributed by atoms with Gasteiger partial charge in [-0.15, -0.1) is 0 Å². The molecule has 4 aromatic rings. The van der Waals surface area contributed by atoms with E-state index in [1.54, 1.807) is 44.0 Å². The summed E-state index contributed by atoms with van der Waals surface area (Å²) in [5, 5.41) is 9.94. The van der Waals surface area contributed by atoms with Gasteiger partial charge in [0, 0.05) is 79.0 Å². The molecule has 9 nitrogen and oxygen atoms in total. The molecule has 0 spiro atoms. The summed E-state index contributed by atoms with van der Waals surface area (Å²) in [4.78, 5) is 32.5. The van der Waals surface area contributed by atoms with Crippen LogP contribution in [0.15, 0.2) is 64.5 Å². The summed E-state index contributed by atoms with van der Waals surface area (Å²) in [6, 6.07) is 12.6. The van der Waals surface area contributed by atoms with Crippen molar-refractivity contribution in [3.63, 3.8) is 0 Å². The first-order chi connectivity index (χ1) is 23.5. The molecule has 12 heteroatoms. The van der Waals surface area contributed by atoms with Crippen LogP contribution in [0.3, 0.4) is 0 Å². The van der Waals surface area contributed by atoms with Crippen LogP contribution in [0.1, 0.15) is 58.3 Å². The van der Waals surface area contributed by atoms with Crippen LogP contribution in [0.25, 0.3) is 16.5 Å². The number of rotatable bonds is 8. The van der Waals surface area contributed by atoms with E-state index in [0.717, 1.165) is 29.1 Å². The summed E-state index contributed by atoms with van der Waals surface area (Å²) in [6.45, 7) is 3.34. The lowest BCUT2D eigenvalue weighted by Crippen LogP contribution is -2.35. The van der Waals surface area contributed by atoms with Crippen molar-refractivity contribution in [1.82, 2.24) is 4.57 Å². The summed E-state index contributed by atoms with van der Waals surface area (Å²) < 4.78 is 51.4. The number of hydrogen-bond donors (Lipinski definition) is 2. The molecule has 0 amide bonds. The molecule has 0 atom stereocenters. The fourth-order valence-corrected chi connectivity index (χ4v) is 6.89. The number of nitrogens with two attached hydrogens (primary N) is 1. The van der Waals surface area contributed by atoms with Crippen molar-refractivity contribution in [2.75, 3.05) is 36.5 Å². The number of carbonyl (C=O) groups is 1. The van der Waals surface area contributed by atoms with Gasteiger partial charge >= 0.3 is 5.97 Å². The van der Waals surface area contributed by atoms with Crippen LogP contribution in [-0.2, 0) is 13.5 Å². The Bertz CT molecular complexity index is 2050. The highest BCUT2D eigenvalue weighted by Gasteiger charge is 2.27. The Morgan fingerprint density at radius 3 is 2.47 bits per heavy atom. The first kappa shape index (κ1) is 33.6. The minimum Gasteiger partial charge on any atom is -0.497 e. The number of hydrogen-bond acceptors (Lipinski definition) is 7. The molecule has 256 valence electrons. The highest BCUT2D eigenvalue weighted by molar-refractivity contribution is 6.10. The number of aryl methyl sites for hydroxylation is 3. The number of carboxylic acid groups (broad SMARTS) is 1. The van der Waals surface area contributed by atoms with Crippen LogP contribution in [0.5, 0.6) is 5.75 Å². The first-order valence-electron chi connectivity index (χ1n) is 16.1. The number of anilines is 3. The number of halogens is 3. The number of fused-ring (bicyclic) bond motifs is 2. The molecule has 3 heterocycles. The van der Waals surface area contributed by atoms with Gasteiger partial charge < -0.3 is 29.9 Å². The van der Waals surface area contributed by atoms with Gasteiger partial charge in [-0.3, -0.25) is 9.79 Å². The second-order valence-electron chi connectivity index (χ2n) is 12.5. The van der Waals surface area contributed by atoms with Gasteiger partial charge in [0.25, 0.3) is 12.0 Å². The average Bonchev–Trinajstić information content (AvgIpc) is 3.10. The molecule has 0 bridgehead atoms. The monoisotopic (exact) mass is 673 g/mol. The summed E-state index contributed by atoms with van der Waals surface area (Å²) in [7, 11) is 3.26. The molecule has 2 aliphatic rings. The second-order valence-corrected chi connectivity index (χ2v) is 12.5. The van der Waals surface area contributed by atoms with Gasteiger partial charge in [-0.25, -0.2) is 18.0 Å². The van der Waals surface area contributed by atoms with E-state index in [4.69, 9.17) is 20.6 Å². The molecule has 49 heavy (non-hydrogen) atoms. The molecule has 0 unspecified atom stereocenters. The zero-order chi connectivity index (χ0) is 35.0. The molecule has 1 saturated heterocycles. The maximum absolute atomic E-state index is 14.8. The number of aromatic carboxylic acids is 1. The number of aliphatic imine (C=N–C) groups is 1. The fraction of sp³-hybridized carbons (Fsp3) is 0.324. The smallest absolute Gasteiger partial charge is 0.335 e. The Kier molecular flexibility index (Phi) is 9.40. The third-order valence-electron chi connectivity index (χ3n) is 9.52. The van der Waals surface area contributed by atoms with Crippen molar-refractivity contribution in [2.45, 2.75) is 45.1 Å². The number of piperidine rings is 1. The largest absolute Gasteiger partial charge is 0.497 e. The first-order valence-corrected chi connectivity index (χ1v) is 16.1. The highest BCUT2D eigenvalue weighted by Crippen LogP contribution is 2.43. The Balaban J connectivity index is 1.29. The van der Waals surface area contributed by atoms with Crippen molar-refractivity contribution in [2.24, 2.45) is 17.8 Å². The van der Waals surface area contributed by atoms with E-state index in [0.29, 0.717) is 78.2 Å². The van der Waals surface area contributed by atoms with Crippen LogP contribution in [-0.4, -0.2) is 54.6 Å². The van der Waals surface area contributed by atoms with E-state index in [1.165, 1.54) is 24.4 Å². The maximum atomic E-state index is 14.8. The predicted molar refractivity (Wildman–Crippen MR) is 186 cm³/mol. The van der Waals surface area contributed by atoms with Crippen molar-refractivity contribution in [3.8, 4) is 5.75 Å². The molecule has 0 saturated carbocycles. The zero-order valence-electron chi connectivity index (χ0n) is 27.6. The van der Waals surface area contributed by atoms with Crippen molar-refractivity contribution in [3.05, 3.63) is 98.7 Å². The third-order valence-corrected chi connectivity index (χ3v) is 9.52. The zero-order valence-corrected chi connectivity index (χ0v) is 27.6. The minimum atomic E-state index is -2.79. The fourth-order valence-electron chi connectivity index (χ4n) is 6.89. The lowest BCUT2D eigenvalue weighted by molar-refractivity contribution is 0.0696. The van der Waals surface area contributed by atoms with E-state index in [1.807, 2.05) is 21.9 Å². The van der Waals surface area contributed by atoms with Crippen LogP contribution >= 0.6 is 0 Å². The Labute approximate surface area is 281 Å². The number of allylic oxidation sites excluding steroid dienone is 1. The molecular formula is C37H38F3N5O4. The van der Waals surface area contributed by atoms with Gasteiger partial charge in [0.05, 0.1) is 35.6 Å². The SMILES string of the molecule is COc1cc(N2CCCc3cc(/C(C=NC4CCN(c5ccc(C(=O)O)cc5F)CC4)=C/N)c(C(F)F)cc32)c2cc(C)c(=O)n(C)c2c1. The van der Waals surface area contributed by atoms with E-state index in [9.17, 15) is 22.8 Å². The lowest BCUT2D eigenvalue weighted by Gasteiger charge is -2.34. The van der Waals surface area contributed by atoms with Crippen LogP contribution < -0.4 is 25.8 Å². The summed E-state index contributed by atoms with van der Waals surface area (Å²) in [6.07, 6.45) is 2.70. The quantitative estimate of drug-likeness (QED) is 0.199. The predicted octanol–water partition coefficient (Wildman–Crippen LogP) is 6.75. The molecule has 0 radical (unpaired) electrons. The number of ether oxygens (including phenoxy) is 1. The number of nitrogens with zero attached hydrogens (tertiary/aromatic N) is 4. The third kappa shape index (κ3) is 6.47. The molecular weight excluding hydrogens is 635 g/mol. The van der Waals surface area contributed by atoms with Gasteiger partial charge in [0.2, 0.25) is 0 Å². The van der Waals surface area contributed by atoms with E-state index < -0.39 is 18.2 Å². The van der Waals surface area contributed by atoms with E-state index in [-0.39, 0.29) is 22.7 Å². The molecule has 6 rings (SSSR count). The van der Waals surface area contributed by atoms with Crippen LogP contribution in [0, 0.1) is 12.7 Å². The van der Waals surface area contributed by atoms with Crippen molar-refractivity contribution < 1.29 is 27.8 Å². The van der Waals surface area contributed by atoms with Crippen LogP contribution in [0.2, 0.25) is 0 Å². The molecule has 1 aromatic heterocycles. The molecule has 2 aliphatic heterocycles. The Hall–Kier alpha value is -5.26. The number of benzene rings is 3. The normalized spacial score (nSPS) is 15.8. The number of carboxylic acids is 1. The standard InChI is InChI=1S/C37H38F3N5O4/c1-21-13-29-33(43(2)36(21)46)16-26(49-3)17-34(29)45-10-4-5-22-14-27(28(35(39)40)18-32(22)45)24(19-41)20-42-25-8-11-44(12-9-25)31-7-6-23(37(47)48)15-30(31)38/h6-7,13-20,25,35H,4-5,8-12,41H2,1-3H3,(H,47,48)/b24-19+,42-20?. The molecule has 3 aromatic carbocycles. The summed E-state index contributed by atoms with van der Waals surface area (Å²) in [5.41, 5.74) is 10.2. The molecule has 1 fully saturated rings. The lowest BCUT2D eigenvalue weighted by atomic mass is 9.91. The van der Waals surface area contributed by atoms with Crippen molar-refractivity contribution in [1.29, 1.82) is 0 Å². The average molecular weight is 674 g/mol. The molecule has 0 aliphatic carbocycles. The summed E-state index contributed by atoms with van der Waals surface area (Å²) >= 11 is 0. The maximum Gasteiger partial charge on any atom is 0.335 e. The Morgan fingerprint density at radius 2 is 1.82 bits per heavy atom. The number of pyridine rings is 1. The van der Waals surface area contributed by atoms with E-state index in [2.05, 4.69) is 0 Å². The van der Waals surface area contributed by atoms with E-state index >= 15 is 0 Å². The van der Waals surface area contributed by atoms with Crippen molar-refractivity contribution >= 4 is 45.7 Å². The van der Waals surface area contributed by atoms with Gasteiger partial charge in [0.15, 0.2) is 0 Å².